The van der Waals surface area contributed by atoms with Gasteiger partial charge in [0.25, 0.3) is 0 Å². The molecule has 1 aromatic rings. The minimum Gasteiger partial charge on any atom is -0.348 e. The maximum absolute atomic E-state index is 11.8. The summed E-state index contributed by atoms with van der Waals surface area (Å²) >= 11 is 3.32. The lowest BCUT2D eigenvalue weighted by Gasteiger charge is -2.15. The van der Waals surface area contributed by atoms with Crippen molar-refractivity contribution in [2.75, 3.05) is 11.9 Å². The van der Waals surface area contributed by atoms with Crippen LogP contribution >= 0.6 is 15.9 Å². The number of benzene rings is 1. The normalized spacial score (nSPS) is 11.8. The Morgan fingerprint density at radius 2 is 2.00 bits per heavy atom. The van der Waals surface area contributed by atoms with Gasteiger partial charge in [-0.2, -0.15) is 0 Å². The standard InChI is InChI=1S/C16H23BrN2O2/c1-3-5-7-12(4-2)11-18-15(20)16(21)19-14-9-6-8-13(17)10-14/h6,8-10,12H,3-5,7,11H2,1-2H3,(H,18,20)(H,19,21)/t12-/m0/s1. The maximum atomic E-state index is 11.8. The number of carbonyl (C=O) groups is 2. The average molecular weight is 355 g/mol. The van der Waals surface area contributed by atoms with E-state index in [0.717, 1.165) is 30.2 Å². The fourth-order valence-corrected chi connectivity index (χ4v) is 2.41. The van der Waals surface area contributed by atoms with E-state index in [1.165, 1.54) is 0 Å². The molecule has 0 aliphatic carbocycles. The summed E-state index contributed by atoms with van der Waals surface area (Å²) < 4.78 is 0.853. The van der Waals surface area contributed by atoms with Gasteiger partial charge in [-0.15, -0.1) is 0 Å². The molecule has 1 aromatic carbocycles. The topological polar surface area (TPSA) is 58.2 Å². The molecule has 0 aromatic heterocycles. The Labute approximate surface area is 134 Å². The molecule has 0 radical (unpaired) electrons. The van der Waals surface area contributed by atoms with E-state index in [4.69, 9.17) is 0 Å². The van der Waals surface area contributed by atoms with Crippen molar-refractivity contribution in [3.8, 4) is 0 Å². The van der Waals surface area contributed by atoms with Gasteiger partial charge in [0.2, 0.25) is 0 Å². The van der Waals surface area contributed by atoms with Gasteiger partial charge in [0.1, 0.15) is 0 Å². The summed E-state index contributed by atoms with van der Waals surface area (Å²) in [4.78, 5) is 23.6. The molecule has 0 unspecified atom stereocenters. The third kappa shape index (κ3) is 6.76. The first kappa shape index (κ1) is 17.7. The van der Waals surface area contributed by atoms with Crippen molar-refractivity contribution in [2.24, 2.45) is 5.92 Å². The second-order valence-corrected chi connectivity index (χ2v) is 6.01. The highest BCUT2D eigenvalue weighted by Crippen LogP contribution is 2.15. The molecule has 4 nitrogen and oxygen atoms in total. The predicted molar refractivity (Wildman–Crippen MR) is 89.1 cm³/mol. The first-order valence-electron chi connectivity index (χ1n) is 7.41. The number of amides is 2. The summed E-state index contributed by atoms with van der Waals surface area (Å²) in [5, 5.41) is 5.30. The largest absolute Gasteiger partial charge is 0.348 e. The van der Waals surface area contributed by atoms with Gasteiger partial charge >= 0.3 is 11.8 Å². The van der Waals surface area contributed by atoms with Gasteiger partial charge in [-0.25, -0.2) is 0 Å². The fraction of sp³-hybridized carbons (Fsp3) is 0.500. The highest BCUT2D eigenvalue weighted by molar-refractivity contribution is 9.10. The van der Waals surface area contributed by atoms with Crippen molar-refractivity contribution in [1.82, 2.24) is 5.32 Å². The number of nitrogens with one attached hydrogen (secondary N) is 2. The van der Waals surface area contributed by atoms with Gasteiger partial charge < -0.3 is 10.6 Å². The Balaban J connectivity index is 2.42. The molecule has 2 amide bonds. The number of hydrogen-bond donors (Lipinski definition) is 2. The SMILES string of the molecule is CCCC[C@H](CC)CNC(=O)C(=O)Nc1cccc(Br)c1. The molecule has 2 N–H and O–H groups in total. The molecule has 0 aliphatic rings. The van der Waals surface area contributed by atoms with Crippen molar-refractivity contribution >= 4 is 33.4 Å². The van der Waals surface area contributed by atoms with Crippen molar-refractivity contribution in [2.45, 2.75) is 39.5 Å². The zero-order chi connectivity index (χ0) is 15.7. The zero-order valence-electron chi connectivity index (χ0n) is 12.6. The summed E-state index contributed by atoms with van der Waals surface area (Å²) in [7, 11) is 0. The Kier molecular flexibility index (Phi) is 8.05. The van der Waals surface area contributed by atoms with Gasteiger partial charge in [0.05, 0.1) is 0 Å². The molecule has 0 heterocycles. The first-order chi connectivity index (χ1) is 10.1. The number of carbonyl (C=O) groups excluding carboxylic acids is 2. The number of hydrogen-bond acceptors (Lipinski definition) is 2. The third-order valence-corrected chi connectivity index (χ3v) is 3.88. The molecule has 0 aliphatic heterocycles. The molecular weight excluding hydrogens is 332 g/mol. The second kappa shape index (κ2) is 9.55. The molecule has 1 rings (SSSR count). The lowest BCUT2D eigenvalue weighted by Crippen LogP contribution is -2.38. The monoisotopic (exact) mass is 354 g/mol. The van der Waals surface area contributed by atoms with Crippen molar-refractivity contribution in [3.05, 3.63) is 28.7 Å². The van der Waals surface area contributed by atoms with Gasteiger partial charge in [-0.1, -0.05) is 55.1 Å². The van der Waals surface area contributed by atoms with Crippen LogP contribution in [0.15, 0.2) is 28.7 Å². The van der Waals surface area contributed by atoms with Crippen molar-refractivity contribution in [1.29, 1.82) is 0 Å². The van der Waals surface area contributed by atoms with E-state index in [9.17, 15) is 9.59 Å². The molecule has 0 bridgehead atoms. The molecule has 0 saturated heterocycles. The maximum Gasteiger partial charge on any atom is 0.313 e. The first-order valence-corrected chi connectivity index (χ1v) is 8.20. The van der Waals surface area contributed by atoms with Crippen LogP contribution < -0.4 is 10.6 Å². The van der Waals surface area contributed by atoms with E-state index in [1.807, 2.05) is 6.07 Å². The minimum absolute atomic E-state index is 0.438. The zero-order valence-corrected chi connectivity index (χ0v) is 14.2. The molecule has 5 heteroatoms. The van der Waals surface area contributed by atoms with E-state index in [1.54, 1.807) is 18.2 Å². The molecule has 0 saturated carbocycles. The lowest BCUT2D eigenvalue weighted by molar-refractivity contribution is -0.136. The van der Waals surface area contributed by atoms with Gasteiger partial charge in [-0.3, -0.25) is 9.59 Å². The fourth-order valence-electron chi connectivity index (χ4n) is 2.01. The van der Waals surface area contributed by atoms with Gasteiger partial charge in [0, 0.05) is 16.7 Å². The summed E-state index contributed by atoms with van der Waals surface area (Å²) in [6.07, 6.45) is 4.39. The predicted octanol–water partition coefficient (Wildman–Crippen LogP) is 3.72. The van der Waals surface area contributed by atoms with E-state index in [0.29, 0.717) is 18.2 Å². The Hall–Kier alpha value is -1.36. The van der Waals surface area contributed by atoms with Gasteiger partial charge in [0.15, 0.2) is 0 Å². The summed E-state index contributed by atoms with van der Waals surface area (Å²) in [6, 6.07) is 7.15. The van der Waals surface area contributed by atoms with Crippen LogP contribution in [0.25, 0.3) is 0 Å². The van der Waals surface area contributed by atoms with Crippen LogP contribution in [0, 0.1) is 5.92 Å². The van der Waals surface area contributed by atoms with E-state index >= 15 is 0 Å². The molecule has 0 fully saturated rings. The summed E-state index contributed by atoms with van der Waals surface area (Å²) in [5.74, 6) is -0.768. The Morgan fingerprint density at radius 3 is 2.62 bits per heavy atom. The highest BCUT2D eigenvalue weighted by atomic mass is 79.9. The van der Waals surface area contributed by atoms with Crippen LogP contribution in [-0.2, 0) is 9.59 Å². The molecule has 1 atom stereocenters. The van der Waals surface area contributed by atoms with E-state index in [-0.39, 0.29) is 0 Å². The third-order valence-electron chi connectivity index (χ3n) is 3.38. The van der Waals surface area contributed by atoms with Crippen LogP contribution in [-0.4, -0.2) is 18.4 Å². The van der Waals surface area contributed by atoms with E-state index in [2.05, 4.69) is 40.4 Å². The number of unbranched alkanes of at least 4 members (excludes halogenated alkanes) is 1. The second-order valence-electron chi connectivity index (χ2n) is 5.09. The van der Waals surface area contributed by atoms with Crippen LogP contribution in [0.5, 0.6) is 0 Å². The lowest BCUT2D eigenvalue weighted by atomic mass is 9.99. The molecule has 116 valence electrons. The summed E-state index contributed by atoms with van der Waals surface area (Å²) in [5.41, 5.74) is 0.600. The number of halogens is 1. The Bertz CT molecular complexity index is 477. The average Bonchev–Trinajstić information content (AvgIpc) is 2.47. The molecular formula is C16H23BrN2O2. The quantitative estimate of drug-likeness (QED) is 0.733. The Morgan fingerprint density at radius 1 is 1.24 bits per heavy atom. The summed E-state index contributed by atoms with van der Waals surface area (Å²) in [6.45, 7) is 4.81. The smallest absolute Gasteiger partial charge is 0.313 e. The van der Waals surface area contributed by atoms with Crippen molar-refractivity contribution < 1.29 is 9.59 Å². The van der Waals surface area contributed by atoms with E-state index < -0.39 is 11.8 Å². The van der Waals surface area contributed by atoms with Gasteiger partial charge in [-0.05, 0) is 30.5 Å². The number of anilines is 1. The molecule has 0 spiro atoms. The van der Waals surface area contributed by atoms with Crippen LogP contribution in [0.3, 0.4) is 0 Å². The molecule has 21 heavy (non-hydrogen) atoms. The van der Waals surface area contributed by atoms with Crippen LogP contribution in [0.4, 0.5) is 5.69 Å². The van der Waals surface area contributed by atoms with Crippen LogP contribution in [0.1, 0.15) is 39.5 Å². The minimum atomic E-state index is -0.626. The highest BCUT2D eigenvalue weighted by Gasteiger charge is 2.15. The number of rotatable bonds is 7. The van der Waals surface area contributed by atoms with Crippen LogP contribution in [0.2, 0.25) is 0 Å². The van der Waals surface area contributed by atoms with Crippen molar-refractivity contribution in [3.63, 3.8) is 0 Å².